The molecule has 0 atom stereocenters. The summed E-state index contributed by atoms with van der Waals surface area (Å²) in [6.45, 7) is 6.35. The van der Waals surface area contributed by atoms with Crippen LogP contribution in [0.15, 0.2) is 23.9 Å². The number of imide groups is 1. The Hall–Kier alpha value is -1.52. The molecule has 0 bridgehead atoms. The van der Waals surface area contributed by atoms with E-state index in [0.717, 1.165) is 45.2 Å². The topological polar surface area (TPSA) is 40.6 Å². The number of amides is 2. The molecule has 1 aromatic rings. The van der Waals surface area contributed by atoms with Gasteiger partial charge in [-0.25, -0.2) is 0 Å². The molecular weight excluding hydrogens is 383 g/mol. The van der Waals surface area contributed by atoms with E-state index in [9.17, 15) is 9.59 Å². The van der Waals surface area contributed by atoms with Gasteiger partial charge in [0.25, 0.3) is 11.8 Å². The van der Waals surface area contributed by atoms with Crippen molar-refractivity contribution in [3.63, 3.8) is 0 Å². The van der Waals surface area contributed by atoms with E-state index in [1.807, 2.05) is 0 Å². The van der Waals surface area contributed by atoms with Crippen LogP contribution in [0.25, 0.3) is 5.57 Å². The monoisotopic (exact) mass is 408 g/mol. The Morgan fingerprint density at radius 1 is 1.07 bits per heavy atom. The zero-order chi connectivity index (χ0) is 19.6. The lowest BCUT2D eigenvalue weighted by Crippen LogP contribution is -2.38. The number of hydrogen-bond donors (Lipinski definition) is 0. The predicted octanol–water partition coefficient (Wildman–Crippen LogP) is 5.00. The van der Waals surface area contributed by atoms with Crippen molar-refractivity contribution in [1.29, 1.82) is 0 Å². The van der Waals surface area contributed by atoms with E-state index in [0.29, 0.717) is 39.3 Å². The molecule has 0 aliphatic carbocycles. The van der Waals surface area contributed by atoms with Crippen molar-refractivity contribution in [2.75, 3.05) is 19.6 Å². The number of carbonyl (C=O) groups excluding carboxylic acids is 2. The first kappa shape index (κ1) is 20.2. The van der Waals surface area contributed by atoms with Gasteiger partial charge in [0.2, 0.25) is 0 Å². The first-order valence-corrected chi connectivity index (χ1v) is 10.5. The maximum absolute atomic E-state index is 13.2. The van der Waals surface area contributed by atoms with Crippen LogP contribution in [0.5, 0.6) is 0 Å². The molecule has 2 heterocycles. The fourth-order valence-electron chi connectivity index (χ4n) is 3.75. The molecule has 2 aliphatic rings. The van der Waals surface area contributed by atoms with Crippen LogP contribution in [0.3, 0.4) is 0 Å². The number of unbranched alkanes of at least 4 members (excludes halogenated alkanes) is 2. The van der Waals surface area contributed by atoms with E-state index in [-0.39, 0.29) is 11.8 Å². The first-order chi connectivity index (χ1) is 12.9. The summed E-state index contributed by atoms with van der Waals surface area (Å²) in [5, 5.41) is 0.909. The summed E-state index contributed by atoms with van der Waals surface area (Å²) in [6, 6.07) is 5.08. The second-order valence-corrected chi connectivity index (χ2v) is 8.33. The zero-order valence-electron chi connectivity index (χ0n) is 15.9. The van der Waals surface area contributed by atoms with Crippen LogP contribution in [0.4, 0.5) is 0 Å². The van der Waals surface area contributed by atoms with E-state index in [2.05, 4.69) is 18.7 Å². The SMILES string of the molecule is CCCCCN1C(=O)C(c2ccc(Cl)cc2Cl)=C(N2CCC(C)CC2)C1=O. The van der Waals surface area contributed by atoms with Crippen molar-refractivity contribution in [2.24, 2.45) is 5.92 Å². The molecule has 2 amide bonds. The lowest BCUT2D eigenvalue weighted by molar-refractivity contribution is -0.137. The molecule has 6 heteroatoms. The number of piperidine rings is 1. The standard InChI is InChI=1S/C21H26Cl2N2O2/c1-3-4-5-10-25-20(26)18(16-7-6-15(22)13-17(16)23)19(21(25)27)24-11-8-14(2)9-12-24/h6-7,13-14H,3-5,8-12H2,1-2H3. The van der Waals surface area contributed by atoms with Crippen molar-refractivity contribution >= 4 is 40.6 Å². The molecular formula is C21H26Cl2N2O2. The average molecular weight is 409 g/mol. The van der Waals surface area contributed by atoms with Crippen molar-refractivity contribution in [3.05, 3.63) is 39.5 Å². The Labute approximate surface area is 171 Å². The van der Waals surface area contributed by atoms with Crippen LogP contribution in [-0.4, -0.2) is 41.2 Å². The van der Waals surface area contributed by atoms with Gasteiger partial charge in [0.15, 0.2) is 0 Å². The van der Waals surface area contributed by atoms with E-state index in [1.54, 1.807) is 18.2 Å². The Kier molecular flexibility index (Phi) is 6.48. The highest BCUT2D eigenvalue weighted by Crippen LogP contribution is 2.37. The van der Waals surface area contributed by atoms with E-state index < -0.39 is 0 Å². The third kappa shape index (κ3) is 4.17. The van der Waals surface area contributed by atoms with Gasteiger partial charge in [-0.3, -0.25) is 14.5 Å². The van der Waals surface area contributed by atoms with E-state index >= 15 is 0 Å². The first-order valence-electron chi connectivity index (χ1n) is 9.74. The van der Waals surface area contributed by atoms with Crippen LogP contribution < -0.4 is 0 Å². The van der Waals surface area contributed by atoms with Crippen molar-refractivity contribution in [3.8, 4) is 0 Å². The molecule has 0 spiro atoms. The third-order valence-corrected chi connectivity index (χ3v) is 5.98. The highest BCUT2D eigenvalue weighted by atomic mass is 35.5. The molecule has 4 nitrogen and oxygen atoms in total. The van der Waals surface area contributed by atoms with Crippen molar-refractivity contribution in [2.45, 2.75) is 46.0 Å². The quantitative estimate of drug-likeness (QED) is 0.491. The van der Waals surface area contributed by atoms with Gasteiger partial charge in [0.05, 0.1) is 10.6 Å². The van der Waals surface area contributed by atoms with Gasteiger partial charge in [0, 0.05) is 30.2 Å². The van der Waals surface area contributed by atoms with E-state index in [1.165, 1.54) is 4.90 Å². The van der Waals surface area contributed by atoms with Crippen molar-refractivity contribution < 1.29 is 9.59 Å². The summed E-state index contributed by atoms with van der Waals surface area (Å²) in [5.74, 6) is 0.206. The van der Waals surface area contributed by atoms with Crippen LogP contribution in [0, 0.1) is 5.92 Å². The Morgan fingerprint density at radius 2 is 1.78 bits per heavy atom. The normalized spacial score (nSPS) is 18.8. The molecule has 0 N–H and O–H groups in total. The highest BCUT2D eigenvalue weighted by Gasteiger charge is 2.42. The Bertz CT molecular complexity index is 767. The molecule has 3 rings (SSSR count). The number of likely N-dealkylation sites (tertiary alicyclic amines) is 1. The lowest BCUT2D eigenvalue weighted by Gasteiger charge is -2.32. The molecule has 0 saturated carbocycles. The second kappa shape index (κ2) is 8.66. The molecule has 0 unspecified atom stereocenters. The summed E-state index contributed by atoms with van der Waals surface area (Å²) < 4.78 is 0. The van der Waals surface area contributed by atoms with Gasteiger partial charge in [-0.2, -0.15) is 0 Å². The summed E-state index contributed by atoms with van der Waals surface area (Å²) in [5.41, 5.74) is 1.52. The van der Waals surface area contributed by atoms with Crippen LogP contribution in [0.1, 0.15) is 51.5 Å². The molecule has 1 saturated heterocycles. The molecule has 1 aromatic carbocycles. The van der Waals surface area contributed by atoms with Gasteiger partial charge in [-0.1, -0.05) is 56.0 Å². The second-order valence-electron chi connectivity index (χ2n) is 7.49. The highest BCUT2D eigenvalue weighted by molar-refractivity contribution is 6.41. The summed E-state index contributed by atoms with van der Waals surface area (Å²) in [6.07, 6.45) is 4.88. The largest absolute Gasteiger partial charge is 0.366 e. The number of nitrogens with zero attached hydrogens (tertiary/aromatic N) is 2. The Morgan fingerprint density at radius 3 is 2.41 bits per heavy atom. The maximum atomic E-state index is 13.2. The lowest BCUT2D eigenvalue weighted by atomic mass is 9.97. The summed E-state index contributed by atoms with van der Waals surface area (Å²) in [7, 11) is 0. The average Bonchev–Trinajstić information content (AvgIpc) is 2.87. The predicted molar refractivity (Wildman–Crippen MR) is 110 cm³/mol. The third-order valence-electron chi connectivity index (χ3n) is 5.43. The smallest absolute Gasteiger partial charge is 0.277 e. The fourth-order valence-corrected chi connectivity index (χ4v) is 4.25. The minimum Gasteiger partial charge on any atom is -0.366 e. The number of hydrogen-bond acceptors (Lipinski definition) is 3. The molecule has 1 fully saturated rings. The van der Waals surface area contributed by atoms with E-state index in [4.69, 9.17) is 23.2 Å². The molecule has 2 aliphatic heterocycles. The van der Waals surface area contributed by atoms with Gasteiger partial charge >= 0.3 is 0 Å². The minimum absolute atomic E-state index is 0.188. The van der Waals surface area contributed by atoms with Gasteiger partial charge in [0.1, 0.15) is 5.70 Å². The van der Waals surface area contributed by atoms with Crippen LogP contribution >= 0.6 is 23.2 Å². The van der Waals surface area contributed by atoms with Crippen LogP contribution in [0.2, 0.25) is 10.0 Å². The molecule has 27 heavy (non-hydrogen) atoms. The number of halogens is 2. The number of carbonyl (C=O) groups is 2. The zero-order valence-corrected chi connectivity index (χ0v) is 17.4. The maximum Gasteiger partial charge on any atom is 0.277 e. The number of rotatable bonds is 6. The van der Waals surface area contributed by atoms with Crippen molar-refractivity contribution in [1.82, 2.24) is 9.80 Å². The van der Waals surface area contributed by atoms with Gasteiger partial charge in [-0.05, 0) is 37.3 Å². The Balaban J connectivity index is 2.00. The summed E-state index contributed by atoms with van der Waals surface area (Å²) in [4.78, 5) is 29.8. The molecule has 146 valence electrons. The molecule has 0 aromatic heterocycles. The van der Waals surface area contributed by atoms with Gasteiger partial charge < -0.3 is 4.90 Å². The van der Waals surface area contributed by atoms with Gasteiger partial charge in [-0.15, -0.1) is 0 Å². The minimum atomic E-state index is -0.242. The number of benzene rings is 1. The fraction of sp³-hybridized carbons (Fsp3) is 0.524. The summed E-state index contributed by atoms with van der Waals surface area (Å²) >= 11 is 12.4. The van der Waals surface area contributed by atoms with Crippen LogP contribution in [-0.2, 0) is 9.59 Å². The molecule has 0 radical (unpaired) electrons.